The molecule has 0 radical (unpaired) electrons. The van der Waals surface area contributed by atoms with Crippen molar-refractivity contribution in [1.29, 1.82) is 0 Å². The normalized spacial score (nSPS) is 33.6. The maximum absolute atomic E-state index is 9.84. The minimum atomic E-state index is -1.67. The van der Waals surface area contributed by atoms with E-state index in [4.69, 9.17) is 4.84 Å². The van der Waals surface area contributed by atoms with E-state index in [9.17, 15) is 5.11 Å². The summed E-state index contributed by atoms with van der Waals surface area (Å²) < 4.78 is 0. The lowest BCUT2D eigenvalue weighted by Crippen LogP contribution is -2.56. The summed E-state index contributed by atoms with van der Waals surface area (Å²) in [6.07, 6.45) is 11.7. The molecule has 1 saturated carbocycles. The van der Waals surface area contributed by atoms with Crippen LogP contribution >= 0.6 is 0 Å². The average molecular weight is 404 g/mol. The summed E-state index contributed by atoms with van der Waals surface area (Å²) in [6, 6.07) is 0.168. The molecule has 1 N–H and O–H groups in total. The lowest BCUT2D eigenvalue weighted by molar-refractivity contribution is -0.227. The van der Waals surface area contributed by atoms with E-state index in [-0.39, 0.29) is 24.3 Å². The molecule has 0 aromatic carbocycles. The smallest absolute Gasteiger partial charge is 0.146 e. The molecule has 2 aliphatic heterocycles. The minimum Gasteiger partial charge on any atom is -0.395 e. The summed E-state index contributed by atoms with van der Waals surface area (Å²) >= 11 is 0. The van der Waals surface area contributed by atoms with Gasteiger partial charge in [0, 0.05) is 5.92 Å². The van der Waals surface area contributed by atoms with Gasteiger partial charge in [0.05, 0.1) is 24.3 Å². The first-order valence-corrected chi connectivity index (χ1v) is 13.8. The van der Waals surface area contributed by atoms with E-state index < -0.39 is 8.07 Å². The van der Waals surface area contributed by atoms with Crippen LogP contribution in [0.15, 0.2) is 12.2 Å². The van der Waals surface area contributed by atoms with Gasteiger partial charge in [-0.05, 0) is 61.2 Å². The Hall–Kier alpha value is -0.603. The zero-order valence-corrected chi connectivity index (χ0v) is 19.9. The zero-order chi connectivity index (χ0) is 20.5. The standard InChI is InChI=1S/C24H41NO2Si/c1-18(2)28(19(3)4,20(5)6)16-8-7-12-22-23-13-10-15-24(22)14-9-11-21(17-26)25(24)27-23/h7,12,18-23,26H,9-11,13-15,17H2,1-6H3/b12-7-/t21-,22+,23-,24+/m0/s1. The SMILES string of the molecule is CC(C)[Si](C#C/C=C\[C@@H]1[C@@H]2CCC[C@]13CCC[C@@H](CO)N3O2)(C(C)C)C(C)C. The van der Waals surface area contributed by atoms with Crippen molar-refractivity contribution < 1.29 is 9.94 Å². The molecule has 3 fully saturated rings. The number of hydrogen-bond donors (Lipinski definition) is 1. The van der Waals surface area contributed by atoms with E-state index in [2.05, 4.69) is 70.2 Å². The first-order chi connectivity index (χ1) is 13.3. The molecule has 1 aliphatic carbocycles. The predicted molar refractivity (Wildman–Crippen MR) is 119 cm³/mol. The number of allylic oxidation sites excluding steroid dienone is 1. The second kappa shape index (κ2) is 8.64. The number of hydroxylamine groups is 2. The molecule has 4 atom stereocenters. The highest BCUT2D eigenvalue weighted by Crippen LogP contribution is 2.53. The zero-order valence-electron chi connectivity index (χ0n) is 18.9. The number of fused-ring (bicyclic) bond motifs is 1. The highest BCUT2D eigenvalue weighted by molar-refractivity contribution is 6.90. The van der Waals surface area contributed by atoms with Crippen molar-refractivity contribution in [3.05, 3.63) is 12.2 Å². The van der Waals surface area contributed by atoms with Gasteiger partial charge >= 0.3 is 0 Å². The molecule has 4 heteroatoms. The number of aliphatic hydroxyl groups is 1. The highest BCUT2D eigenvalue weighted by Gasteiger charge is 2.58. The molecule has 3 aliphatic rings. The largest absolute Gasteiger partial charge is 0.395 e. The van der Waals surface area contributed by atoms with Crippen molar-refractivity contribution in [3.8, 4) is 11.5 Å². The Balaban J connectivity index is 1.84. The third kappa shape index (κ3) is 3.53. The van der Waals surface area contributed by atoms with Gasteiger partial charge in [0.15, 0.2) is 0 Å². The summed E-state index contributed by atoms with van der Waals surface area (Å²) in [5.74, 6) is 3.93. The Morgan fingerprint density at radius 1 is 1.07 bits per heavy atom. The molecule has 2 bridgehead atoms. The Morgan fingerprint density at radius 3 is 2.25 bits per heavy atom. The van der Waals surface area contributed by atoms with Gasteiger partial charge in [0.25, 0.3) is 0 Å². The Kier molecular flexibility index (Phi) is 6.81. The highest BCUT2D eigenvalue weighted by atomic mass is 28.3. The van der Waals surface area contributed by atoms with Crippen LogP contribution in [0.2, 0.25) is 16.6 Å². The number of rotatable bonds is 5. The summed E-state index contributed by atoms with van der Waals surface area (Å²) in [5.41, 5.74) is 5.91. The fraction of sp³-hybridized carbons (Fsp3) is 0.833. The third-order valence-corrected chi connectivity index (χ3v) is 14.3. The number of nitrogens with zero attached hydrogens (tertiary/aromatic N) is 1. The van der Waals surface area contributed by atoms with Gasteiger partial charge < -0.3 is 5.11 Å². The quantitative estimate of drug-likeness (QED) is 0.488. The minimum absolute atomic E-state index is 0.0927. The molecule has 3 rings (SSSR count). The molecule has 1 spiro atoms. The summed E-state index contributed by atoms with van der Waals surface area (Å²) in [6.45, 7) is 14.4. The van der Waals surface area contributed by atoms with Gasteiger partial charge in [-0.3, -0.25) is 4.84 Å². The predicted octanol–water partition coefficient (Wildman–Crippen LogP) is 5.46. The molecule has 3 nitrogen and oxygen atoms in total. The lowest BCUT2D eigenvalue weighted by atomic mass is 9.67. The maximum atomic E-state index is 9.84. The van der Waals surface area contributed by atoms with E-state index in [1.807, 2.05) is 0 Å². The molecule has 2 heterocycles. The monoisotopic (exact) mass is 403 g/mol. The third-order valence-electron chi connectivity index (χ3n) is 8.04. The van der Waals surface area contributed by atoms with Gasteiger partial charge in [-0.1, -0.05) is 53.5 Å². The fourth-order valence-corrected chi connectivity index (χ4v) is 12.0. The number of piperidine rings is 1. The molecule has 2 saturated heterocycles. The van der Waals surface area contributed by atoms with Crippen LogP contribution in [-0.4, -0.2) is 42.5 Å². The van der Waals surface area contributed by atoms with Crippen LogP contribution in [0.25, 0.3) is 0 Å². The molecular weight excluding hydrogens is 362 g/mol. The second-order valence-corrected chi connectivity index (χ2v) is 15.8. The van der Waals surface area contributed by atoms with Gasteiger partial charge in [-0.25, -0.2) is 0 Å². The van der Waals surface area contributed by atoms with Gasteiger partial charge in [0.1, 0.15) is 8.07 Å². The van der Waals surface area contributed by atoms with E-state index in [1.54, 1.807) is 0 Å². The average Bonchev–Trinajstić information content (AvgIpc) is 2.81. The Bertz CT molecular complexity index is 606. The Labute approximate surface area is 173 Å². The summed E-state index contributed by atoms with van der Waals surface area (Å²) in [4.78, 5) is 6.39. The van der Waals surface area contributed by atoms with E-state index >= 15 is 0 Å². The van der Waals surface area contributed by atoms with E-state index in [0.717, 1.165) is 12.8 Å². The molecule has 0 aromatic rings. The fourth-order valence-electron chi connectivity index (χ4n) is 6.76. The number of aliphatic hydroxyl groups excluding tert-OH is 1. The first-order valence-electron chi connectivity index (χ1n) is 11.6. The molecule has 0 amide bonds. The lowest BCUT2D eigenvalue weighted by Gasteiger charge is -2.47. The van der Waals surface area contributed by atoms with Crippen LogP contribution in [0.5, 0.6) is 0 Å². The Morgan fingerprint density at radius 2 is 1.68 bits per heavy atom. The topological polar surface area (TPSA) is 32.7 Å². The van der Waals surface area contributed by atoms with Gasteiger partial charge in [-0.15, -0.1) is 5.54 Å². The van der Waals surface area contributed by atoms with Crippen LogP contribution in [0.3, 0.4) is 0 Å². The van der Waals surface area contributed by atoms with E-state index in [1.165, 1.54) is 25.7 Å². The number of hydrogen-bond acceptors (Lipinski definition) is 3. The van der Waals surface area contributed by atoms with Crippen LogP contribution < -0.4 is 0 Å². The molecule has 28 heavy (non-hydrogen) atoms. The first kappa shape index (κ1) is 22.1. The van der Waals surface area contributed by atoms with Crippen LogP contribution in [0, 0.1) is 17.4 Å². The van der Waals surface area contributed by atoms with Crippen LogP contribution in [-0.2, 0) is 4.84 Å². The van der Waals surface area contributed by atoms with Gasteiger partial charge in [-0.2, -0.15) is 5.06 Å². The molecule has 0 unspecified atom stereocenters. The maximum Gasteiger partial charge on any atom is 0.146 e. The molecular formula is C24H41NO2Si. The van der Waals surface area contributed by atoms with Crippen molar-refractivity contribution in [2.75, 3.05) is 6.61 Å². The van der Waals surface area contributed by atoms with Crippen LogP contribution in [0.4, 0.5) is 0 Å². The molecule has 0 aromatic heterocycles. The van der Waals surface area contributed by atoms with E-state index in [0.29, 0.717) is 22.5 Å². The van der Waals surface area contributed by atoms with Crippen molar-refractivity contribution in [2.45, 2.75) is 114 Å². The van der Waals surface area contributed by atoms with Crippen molar-refractivity contribution in [3.63, 3.8) is 0 Å². The van der Waals surface area contributed by atoms with Crippen LogP contribution in [0.1, 0.15) is 80.1 Å². The van der Waals surface area contributed by atoms with Crippen molar-refractivity contribution >= 4 is 8.07 Å². The van der Waals surface area contributed by atoms with Crippen molar-refractivity contribution in [1.82, 2.24) is 5.06 Å². The van der Waals surface area contributed by atoms with Crippen molar-refractivity contribution in [2.24, 2.45) is 5.92 Å². The second-order valence-electron chi connectivity index (χ2n) is 10.2. The van der Waals surface area contributed by atoms with Gasteiger partial charge in [0.2, 0.25) is 0 Å². The molecule has 158 valence electrons. The summed E-state index contributed by atoms with van der Waals surface area (Å²) in [5, 5.41) is 12.1. The summed E-state index contributed by atoms with van der Waals surface area (Å²) in [7, 11) is -1.67.